The van der Waals surface area contributed by atoms with Crippen molar-refractivity contribution in [2.75, 3.05) is 0 Å². The maximum Gasteiger partial charge on any atom is 0.134 e. The lowest BCUT2D eigenvalue weighted by Crippen LogP contribution is -2.18. The molecule has 1 unspecified atom stereocenters. The zero-order chi connectivity index (χ0) is 14.8. The van der Waals surface area contributed by atoms with Crippen molar-refractivity contribution in [3.05, 3.63) is 70.4 Å². The normalized spacial score (nSPS) is 12.7. The molecule has 0 radical (unpaired) electrons. The third-order valence-electron chi connectivity index (χ3n) is 3.80. The molecule has 1 N–H and O–H groups in total. The summed E-state index contributed by atoms with van der Waals surface area (Å²) < 4.78 is 5.98. The number of benzene rings is 2. The predicted octanol–water partition coefficient (Wildman–Crippen LogP) is 5.25. The molecule has 21 heavy (non-hydrogen) atoms. The molecule has 0 fully saturated rings. The Bertz CT molecular complexity index is 746. The van der Waals surface area contributed by atoms with Crippen molar-refractivity contribution in [2.45, 2.75) is 26.4 Å². The molecule has 0 aliphatic heterocycles. The second-order valence-electron chi connectivity index (χ2n) is 5.32. The van der Waals surface area contributed by atoms with Gasteiger partial charge in [0.05, 0.1) is 6.04 Å². The van der Waals surface area contributed by atoms with E-state index in [1.54, 1.807) is 0 Å². The van der Waals surface area contributed by atoms with Crippen LogP contribution in [0.3, 0.4) is 0 Å². The molecule has 3 heteroatoms. The number of para-hydroxylation sites is 1. The molecule has 108 valence electrons. The number of hydrogen-bond acceptors (Lipinski definition) is 2. The Morgan fingerprint density at radius 3 is 2.52 bits per heavy atom. The lowest BCUT2D eigenvalue weighted by molar-refractivity contribution is 0.447. The van der Waals surface area contributed by atoms with Crippen LogP contribution in [0, 0.1) is 6.92 Å². The molecule has 0 saturated heterocycles. The molecule has 3 rings (SSSR count). The Balaban J connectivity index is 1.76. The third kappa shape index (κ3) is 2.97. The van der Waals surface area contributed by atoms with E-state index in [0.717, 1.165) is 22.9 Å². The molecular formula is C18H18ClNO. The monoisotopic (exact) mass is 299 g/mol. The molecule has 2 aromatic carbocycles. The average molecular weight is 300 g/mol. The van der Waals surface area contributed by atoms with Crippen molar-refractivity contribution < 1.29 is 4.42 Å². The van der Waals surface area contributed by atoms with Gasteiger partial charge >= 0.3 is 0 Å². The van der Waals surface area contributed by atoms with E-state index in [0.29, 0.717) is 0 Å². The Labute approximate surface area is 129 Å². The van der Waals surface area contributed by atoms with E-state index in [-0.39, 0.29) is 6.04 Å². The van der Waals surface area contributed by atoms with Gasteiger partial charge in [0.2, 0.25) is 0 Å². The second kappa shape index (κ2) is 5.92. The number of rotatable bonds is 4. The summed E-state index contributed by atoms with van der Waals surface area (Å²) in [5.74, 6) is 1.00. The molecular weight excluding hydrogens is 282 g/mol. The average Bonchev–Trinajstić information content (AvgIpc) is 2.84. The van der Waals surface area contributed by atoms with E-state index in [1.165, 1.54) is 16.5 Å². The summed E-state index contributed by atoms with van der Waals surface area (Å²) in [5, 5.41) is 5.45. The van der Waals surface area contributed by atoms with Crippen molar-refractivity contribution in [2.24, 2.45) is 0 Å². The highest BCUT2D eigenvalue weighted by molar-refractivity contribution is 6.30. The summed E-state index contributed by atoms with van der Waals surface area (Å²) >= 11 is 5.90. The van der Waals surface area contributed by atoms with Crippen molar-refractivity contribution in [3.8, 4) is 0 Å². The minimum atomic E-state index is 0.160. The van der Waals surface area contributed by atoms with Crippen LogP contribution in [0.25, 0.3) is 11.0 Å². The zero-order valence-electron chi connectivity index (χ0n) is 12.2. The van der Waals surface area contributed by atoms with Gasteiger partial charge in [0.15, 0.2) is 0 Å². The van der Waals surface area contributed by atoms with Gasteiger partial charge in [-0.15, -0.1) is 0 Å². The number of halogens is 1. The molecule has 0 amide bonds. The van der Waals surface area contributed by atoms with Gasteiger partial charge in [-0.2, -0.15) is 0 Å². The van der Waals surface area contributed by atoms with E-state index in [1.807, 2.05) is 42.5 Å². The van der Waals surface area contributed by atoms with Gasteiger partial charge in [0.25, 0.3) is 0 Å². The molecule has 1 heterocycles. The molecule has 0 spiro atoms. The summed E-state index contributed by atoms with van der Waals surface area (Å²) in [4.78, 5) is 0. The first-order chi connectivity index (χ1) is 10.1. The van der Waals surface area contributed by atoms with Crippen molar-refractivity contribution >= 4 is 22.6 Å². The molecule has 0 aliphatic rings. The predicted molar refractivity (Wildman–Crippen MR) is 87.7 cm³/mol. The van der Waals surface area contributed by atoms with Gasteiger partial charge in [-0.25, -0.2) is 0 Å². The standard InChI is InChI=1S/C18H18ClNO/c1-12-16-5-3-4-6-17(16)21-18(12)13(2)20-11-14-7-9-15(19)10-8-14/h3-10,13,20H,11H2,1-2H3. The Hall–Kier alpha value is -1.77. The van der Waals surface area contributed by atoms with E-state index in [2.05, 4.69) is 25.2 Å². The Morgan fingerprint density at radius 1 is 1.10 bits per heavy atom. The van der Waals surface area contributed by atoms with Crippen LogP contribution in [0.5, 0.6) is 0 Å². The molecule has 1 atom stereocenters. The van der Waals surface area contributed by atoms with Gasteiger partial charge in [-0.05, 0) is 43.2 Å². The Kier molecular flexibility index (Phi) is 4.00. The molecule has 0 bridgehead atoms. The summed E-state index contributed by atoms with van der Waals surface area (Å²) in [7, 11) is 0. The number of furan rings is 1. The number of fused-ring (bicyclic) bond motifs is 1. The zero-order valence-corrected chi connectivity index (χ0v) is 12.9. The fourth-order valence-corrected chi connectivity index (χ4v) is 2.70. The molecule has 0 aliphatic carbocycles. The summed E-state index contributed by atoms with van der Waals surface area (Å²) in [6.07, 6.45) is 0. The Morgan fingerprint density at radius 2 is 1.81 bits per heavy atom. The fourth-order valence-electron chi connectivity index (χ4n) is 2.57. The van der Waals surface area contributed by atoms with Crippen LogP contribution in [-0.2, 0) is 6.54 Å². The molecule has 2 nitrogen and oxygen atoms in total. The first-order valence-electron chi connectivity index (χ1n) is 7.11. The summed E-state index contributed by atoms with van der Waals surface area (Å²) in [6.45, 7) is 5.02. The number of aryl methyl sites for hydroxylation is 1. The molecule has 1 aromatic heterocycles. The van der Waals surface area contributed by atoms with E-state index in [4.69, 9.17) is 16.0 Å². The van der Waals surface area contributed by atoms with Crippen LogP contribution >= 0.6 is 11.6 Å². The first-order valence-corrected chi connectivity index (χ1v) is 7.49. The van der Waals surface area contributed by atoms with E-state index in [9.17, 15) is 0 Å². The summed E-state index contributed by atoms with van der Waals surface area (Å²) in [5.41, 5.74) is 3.37. The molecule has 3 aromatic rings. The van der Waals surface area contributed by atoms with Crippen LogP contribution in [0.1, 0.15) is 29.9 Å². The second-order valence-corrected chi connectivity index (χ2v) is 5.75. The topological polar surface area (TPSA) is 25.2 Å². The van der Waals surface area contributed by atoms with E-state index >= 15 is 0 Å². The van der Waals surface area contributed by atoms with Crippen LogP contribution in [0.2, 0.25) is 5.02 Å². The lowest BCUT2D eigenvalue weighted by Gasteiger charge is -2.12. The third-order valence-corrected chi connectivity index (χ3v) is 4.05. The largest absolute Gasteiger partial charge is 0.459 e. The molecule has 0 saturated carbocycles. The smallest absolute Gasteiger partial charge is 0.134 e. The first kappa shape index (κ1) is 14.2. The van der Waals surface area contributed by atoms with Crippen molar-refractivity contribution in [1.29, 1.82) is 0 Å². The van der Waals surface area contributed by atoms with Gasteiger partial charge in [-0.3, -0.25) is 0 Å². The van der Waals surface area contributed by atoms with Crippen molar-refractivity contribution in [3.63, 3.8) is 0 Å². The van der Waals surface area contributed by atoms with Crippen LogP contribution in [0.15, 0.2) is 52.9 Å². The van der Waals surface area contributed by atoms with Crippen LogP contribution in [-0.4, -0.2) is 0 Å². The van der Waals surface area contributed by atoms with Gasteiger partial charge in [0, 0.05) is 17.0 Å². The van der Waals surface area contributed by atoms with Crippen molar-refractivity contribution in [1.82, 2.24) is 5.32 Å². The number of nitrogens with one attached hydrogen (secondary N) is 1. The SMILES string of the molecule is Cc1c(C(C)NCc2ccc(Cl)cc2)oc2ccccc12. The highest BCUT2D eigenvalue weighted by Gasteiger charge is 2.15. The fraction of sp³-hybridized carbons (Fsp3) is 0.222. The maximum atomic E-state index is 5.98. The van der Waals surface area contributed by atoms with Gasteiger partial charge in [0.1, 0.15) is 11.3 Å². The highest BCUT2D eigenvalue weighted by atomic mass is 35.5. The summed E-state index contributed by atoms with van der Waals surface area (Å²) in [6, 6.07) is 16.2. The van der Waals surface area contributed by atoms with E-state index < -0.39 is 0 Å². The van der Waals surface area contributed by atoms with Gasteiger partial charge in [-0.1, -0.05) is 41.9 Å². The maximum absolute atomic E-state index is 5.98. The minimum absolute atomic E-state index is 0.160. The number of hydrogen-bond donors (Lipinski definition) is 1. The van der Waals surface area contributed by atoms with Crippen LogP contribution in [0.4, 0.5) is 0 Å². The highest BCUT2D eigenvalue weighted by Crippen LogP contribution is 2.29. The van der Waals surface area contributed by atoms with Gasteiger partial charge < -0.3 is 9.73 Å². The lowest BCUT2D eigenvalue weighted by atomic mass is 10.1. The van der Waals surface area contributed by atoms with Crippen LogP contribution < -0.4 is 5.32 Å². The quantitative estimate of drug-likeness (QED) is 0.712. The minimum Gasteiger partial charge on any atom is -0.459 e.